The molecule has 2 aliphatic carbocycles. The maximum absolute atomic E-state index is 12.9. The van der Waals surface area contributed by atoms with Crippen LogP contribution in [0.2, 0.25) is 0 Å². The molecule has 1 N–H and O–H groups in total. The van der Waals surface area contributed by atoms with Crippen molar-refractivity contribution in [2.24, 2.45) is 11.3 Å². The Morgan fingerprint density at radius 1 is 1.31 bits per heavy atom. The maximum Gasteiger partial charge on any atom is 0.271 e. The Bertz CT molecular complexity index is 698. The Hall–Kier alpha value is -1.85. The van der Waals surface area contributed by atoms with Crippen LogP contribution in [0.25, 0.3) is 0 Å². The summed E-state index contributed by atoms with van der Waals surface area (Å²) in [5, 5.41) is 3.12. The number of carbonyl (C=O) groups is 2. The molecule has 1 spiro atoms. The smallest absolute Gasteiger partial charge is 0.271 e. The monoisotopic (exact) mass is 358 g/mol. The average Bonchev–Trinajstić information content (AvgIpc) is 3.22. The summed E-state index contributed by atoms with van der Waals surface area (Å²) in [4.78, 5) is 31.7. The Balaban J connectivity index is 1.36. The van der Waals surface area contributed by atoms with Crippen molar-refractivity contribution < 1.29 is 9.59 Å². The number of piperidine rings is 1. The van der Waals surface area contributed by atoms with Crippen LogP contribution in [-0.4, -0.2) is 44.9 Å². The third-order valence-corrected chi connectivity index (χ3v) is 6.68. The summed E-state index contributed by atoms with van der Waals surface area (Å²) in [6, 6.07) is 0.325. The maximum atomic E-state index is 12.9. The summed E-state index contributed by atoms with van der Waals surface area (Å²) in [6.45, 7) is 7.00. The number of imidazole rings is 1. The fourth-order valence-electron chi connectivity index (χ4n) is 4.61. The van der Waals surface area contributed by atoms with E-state index in [1.165, 1.54) is 12.8 Å². The van der Waals surface area contributed by atoms with Crippen LogP contribution in [0.5, 0.6) is 0 Å². The van der Waals surface area contributed by atoms with E-state index in [9.17, 15) is 9.59 Å². The zero-order valence-electron chi connectivity index (χ0n) is 16.1. The van der Waals surface area contributed by atoms with Crippen molar-refractivity contribution in [2.75, 3.05) is 6.54 Å². The van der Waals surface area contributed by atoms with E-state index in [0.29, 0.717) is 17.0 Å². The van der Waals surface area contributed by atoms with Gasteiger partial charge in [0.25, 0.3) is 5.91 Å². The highest BCUT2D eigenvalue weighted by Crippen LogP contribution is 2.63. The molecule has 6 heteroatoms. The molecular formula is C20H30N4O2. The Labute approximate surface area is 155 Å². The molecule has 0 radical (unpaired) electrons. The van der Waals surface area contributed by atoms with Gasteiger partial charge in [-0.05, 0) is 64.7 Å². The SMILES string of the molecule is CC1C(NC(=O)c2cn(C(C)C)cn2)CCCN1C(=O)C1CC2(CC2)C1. The highest BCUT2D eigenvalue weighted by atomic mass is 16.2. The summed E-state index contributed by atoms with van der Waals surface area (Å²) in [5.41, 5.74) is 0.992. The van der Waals surface area contributed by atoms with Crippen molar-refractivity contribution in [1.29, 1.82) is 0 Å². The van der Waals surface area contributed by atoms with Crippen molar-refractivity contribution in [2.45, 2.75) is 77.4 Å². The van der Waals surface area contributed by atoms with E-state index < -0.39 is 0 Å². The van der Waals surface area contributed by atoms with Gasteiger partial charge in [0.05, 0.1) is 6.33 Å². The van der Waals surface area contributed by atoms with E-state index in [-0.39, 0.29) is 30.0 Å². The van der Waals surface area contributed by atoms with Crippen molar-refractivity contribution >= 4 is 11.8 Å². The third-order valence-electron chi connectivity index (χ3n) is 6.68. The first-order chi connectivity index (χ1) is 12.4. The van der Waals surface area contributed by atoms with Crippen LogP contribution in [0.1, 0.15) is 75.8 Å². The first-order valence-corrected chi connectivity index (χ1v) is 10.0. The minimum absolute atomic E-state index is 0.000591. The Morgan fingerprint density at radius 2 is 2.04 bits per heavy atom. The topological polar surface area (TPSA) is 67.2 Å². The molecule has 1 aromatic rings. The fourth-order valence-corrected chi connectivity index (χ4v) is 4.61. The molecule has 4 rings (SSSR count). The lowest BCUT2D eigenvalue weighted by Crippen LogP contribution is -2.57. The molecule has 3 fully saturated rings. The normalized spacial score (nSPS) is 27.5. The minimum atomic E-state index is -0.142. The molecule has 142 valence electrons. The zero-order chi connectivity index (χ0) is 18.5. The molecule has 2 unspecified atom stereocenters. The summed E-state index contributed by atoms with van der Waals surface area (Å²) >= 11 is 0. The van der Waals surface area contributed by atoms with Crippen LogP contribution in [0.3, 0.4) is 0 Å². The molecule has 2 amide bonds. The van der Waals surface area contributed by atoms with Crippen LogP contribution in [0.4, 0.5) is 0 Å². The molecule has 0 aromatic carbocycles. The van der Waals surface area contributed by atoms with E-state index >= 15 is 0 Å². The fraction of sp³-hybridized carbons (Fsp3) is 0.750. The number of aromatic nitrogens is 2. The van der Waals surface area contributed by atoms with Gasteiger partial charge in [0.1, 0.15) is 5.69 Å². The molecule has 26 heavy (non-hydrogen) atoms. The highest BCUT2D eigenvalue weighted by Gasteiger charge is 2.56. The summed E-state index contributed by atoms with van der Waals surface area (Å²) in [5.74, 6) is 0.380. The first kappa shape index (κ1) is 17.6. The molecular weight excluding hydrogens is 328 g/mol. The van der Waals surface area contributed by atoms with Crippen LogP contribution < -0.4 is 5.32 Å². The number of hydrogen-bond acceptors (Lipinski definition) is 3. The lowest BCUT2D eigenvalue weighted by Gasteiger charge is -2.44. The van der Waals surface area contributed by atoms with Crippen molar-refractivity contribution in [3.05, 3.63) is 18.2 Å². The highest BCUT2D eigenvalue weighted by molar-refractivity contribution is 5.92. The number of likely N-dealkylation sites (tertiary alicyclic amines) is 1. The van der Waals surface area contributed by atoms with Gasteiger partial charge in [-0.25, -0.2) is 4.98 Å². The van der Waals surface area contributed by atoms with Crippen molar-refractivity contribution in [3.8, 4) is 0 Å². The predicted octanol–water partition coefficient (Wildman–Crippen LogP) is 2.76. The largest absolute Gasteiger partial charge is 0.346 e. The van der Waals surface area contributed by atoms with Crippen molar-refractivity contribution in [3.63, 3.8) is 0 Å². The molecule has 0 bridgehead atoms. The summed E-state index contributed by atoms with van der Waals surface area (Å²) in [6.07, 6.45) is 10.1. The predicted molar refractivity (Wildman–Crippen MR) is 98.7 cm³/mol. The Morgan fingerprint density at radius 3 is 2.65 bits per heavy atom. The van der Waals surface area contributed by atoms with Crippen LogP contribution in [0.15, 0.2) is 12.5 Å². The standard InChI is InChI=1S/C20H30N4O2/c1-13(2)23-11-17(21-12-23)18(25)22-16-5-4-8-24(14(16)3)19(26)15-9-20(10-15)6-7-20/h11-16H,4-10H2,1-3H3,(H,22,25). The van der Waals surface area contributed by atoms with Gasteiger partial charge in [-0.15, -0.1) is 0 Å². The lowest BCUT2D eigenvalue weighted by molar-refractivity contribution is -0.144. The quantitative estimate of drug-likeness (QED) is 0.900. The molecule has 2 atom stereocenters. The minimum Gasteiger partial charge on any atom is -0.346 e. The summed E-state index contributed by atoms with van der Waals surface area (Å²) in [7, 11) is 0. The first-order valence-electron chi connectivity index (χ1n) is 10.0. The van der Waals surface area contributed by atoms with Crippen LogP contribution in [0, 0.1) is 11.3 Å². The van der Waals surface area contributed by atoms with Gasteiger partial charge in [0.2, 0.25) is 5.91 Å². The Kier molecular flexibility index (Phi) is 4.32. The number of carbonyl (C=O) groups excluding carboxylic acids is 2. The van der Waals surface area contributed by atoms with E-state index in [4.69, 9.17) is 0 Å². The number of nitrogens with one attached hydrogen (secondary N) is 1. The van der Waals surface area contributed by atoms with Gasteiger partial charge in [0.15, 0.2) is 0 Å². The summed E-state index contributed by atoms with van der Waals surface area (Å²) < 4.78 is 1.93. The zero-order valence-corrected chi connectivity index (χ0v) is 16.1. The van der Waals surface area contributed by atoms with E-state index in [2.05, 4.69) is 31.1 Å². The van der Waals surface area contributed by atoms with Crippen molar-refractivity contribution in [1.82, 2.24) is 19.8 Å². The molecule has 1 aliphatic heterocycles. The number of amides is 2. The molecule has 3 aliphatic rings. The van der Waals surface area contributed by atoms with Crippen LogP contribution >= 0.6 is 0 Å². The van der Waals surface area contributed by atoms with Gasteiger partial charge in [0, 0.05) is 36.8 Å². The van der Waals surface area contributed by atoms with Crippen LogP contribution in [-0.2, 0) is 4.79 Å². The van der Waals surface area contributed by atoms with E-state index in [0.717, 1.165) is 32.2 Å². The lowest BCUT2D eigenvalue weighted by atomic mass is 9.71. The van der Waals surface area contributed by atoms with Gasteiger partial charge in [-0.2, -0.15) is 0 Å². The van der Waals surface area contributed by atoms with Gasteiger partial charge in [-0.3, -0.25) is 9.59 Å². The molecule has 1 saturated heterocycles. The van der Waals surface area contributed by atoms with Gasteiger partial charge < -0.3 is 14.8 Å². The molecule has 2 heterocycles. The number of hydrogen-bond donors (Lipinski definition) is 1. The second-order valence-corrected chi connectivity index (χ2v) is 8.90. The molecule has 2 saturated carbocycles. The van der Waals surface area contributed by atoms with Gasteiger partial charge in [-0.1, -0.05) is 0 Å². The van der Waals surface area contributed by atoms with Gasteiger partial charge >= 0.3 is 0 Å². The molecule has 1 aromatic heterocycles. The number of nitrogens with zero attached hydrogens (tertiary/aromatic N) is 3. The second-order valence-electron chi connectivity index (χ2n) is 8.90. The second kappa shape index (κ2) is 6.39. The third kappa shape index (κ3) is 3.14. The average molecular weight is 358 g/mol. The molecule has 6 nitrogen and oxygen atoms in total. The van der Waals surface area contributed by atoms with E-state index in [1.807, 2.05) is 9.47 Å². The number of rotatable bonds is 4. The van der Waals surface area contributed by atoms with E-state index in [1.54, 1.807) is 12.5 Å².